The molecule has 0 spiro atoms. The molecule has 0 saturated heterocycles. The van der Waals surface area contributed by atoms with Gasteiger partial charge < -0.3 is 14.2 Å². The Morgan fingerprint density at radius 1 is 1.10 bits per heavy atom. The highest BCUT2D eigenvalue weighted by Crippen LogP contribution is 2.26. The van der Waals surface area contributed by atoms with E-state index in [1.807, 2.05) is 20.8 Å². The van der Waals surface area contributed by atoms with E-state index in [0.29, 0.717) is 34.6 Å². The van der Waals surface area contributed by atoms with Gasteiger partial charge in [0.05, 0.1) is 13.2 Å². The van der Waals surface area contributed by atoms with Crippen LogP contribution in [-0.2, 0) is 11.3 Å². The number of ketones is 1. The summed E-state index contributed by atoms with van der Waals surface area (Å²) < 4.78 is 19.9. The maximum atomic E-state index is 13.5. The van der Waals surface area contributed by atoms with Gasteiger partial charge in [0.25, 0.3) is 5.91 Å². The third-order valence-electron chi connectivity index (χ3n) is 5.39. The Morgan fingerprint density at radius 2 is 1.67 bits per heavy atom. The molecule has 2 aromatic rings. The van der Waals surface area contributed by atoms with Gasteiger partial charge >= 0.3 is 5.97 Å². The number of carbonyl (C=O) groups excluding carboxylic acids is 3. The molecule has 0 aliphatic carbocycles. The van der Waals surface area contributed by atoms with E-state index in [1.54, 1.807) is 25.3 Å². The van der Waals surface area contributed by atoms with Gasteiger partial charge in [-0.3, -0.25) is 9.59 Å². The Morgan fingerprint density at radius 3 is 2.13 bits per heavy atom. The van der Waals surface area contributed by atoms with Crippen molar-refractivity contribution in [3.8, 4) is 0 Å². The molecule has 0 fully saturated rings. The number of rotatable bonds is 7. The summed E-state index contributed by atoms with van der Waals surface area (Å²) in [6.07, 6.45) is 0. The predicted molar refractivity (Wildman–Crippen MR) is 112 cm³/mol. The number of benzene rings is 1. The highest BCUT2D eigenvalue weighted by molar-refractivity contribution is 6.07. The van der Waals surface area contributed by atoms with E-state index in [1.165, 1.54) is 36.3 Å². The first-order valence-electron chi connectivity index (χ1n) is 9.97. The molecule has 162 valence electrons. The summed E-state index contributed by atoms with van der Waals surface area (Å²) in [5.74, 6) is -1.56. The summed E-state index contributed by atoms with van der Waals surface area (Å²) in [6, 6.07) is 4.20. The topological polar surface area (TPSA) is 68.6 Å². The van der Waals surface area contributed by atoms with Crippen LogP contribution in [0.3, 0.4) is 0 Å². The van der Waals surface area contributed by atoms with Crippen LogP contribution in [0, 0.1) is 19.7 Å². The lowest BCUT2D eigenvalue weighted by Gasteiger charge is -2.32. The maximum absolute atomic E-state index is 13.5. The number of halogens is 1. The third-order valence-corrected chi connectivity index (χ3v) is 5.39. The van der Waals surface area contributed by atoms with Crippen molar-refractivity contribution in [1.82, 2.24) is 9.47 Å². The van der Waals surface area contributed by atoms with Crippen LogP contribution in [0.1, 0.15) is 70.2 Å². The largest absolute Gasteiger partial charge is 0.464 e. The average molecular weight is 416 g/mol. The lowest BCUT2D eigenvalue weighted by molar-refractivity contribution is 0.0565. The summed E-state index contributed by atoms with van der Waals surface area (Å²) in [5.41, 5.74) is 2.26. The van der Waals surface area contributed by atoms with Gasteiger partial charge in [0.2, 0.25) is 0 Å². The molecule has 1 aromatic heterocycles. The van der Waals surface area contributed by atoms with Crippen LogP contribution in [0.5, 0.6) is 0 Å². The van der Waals surface area contributed by atoms with Crippen LogP contribution in [0.4, 0.5) is 4.39 Å². The minimum Gasteiger partial charge on any atom is -0.464 e. The molecule has 1 atom stereocenters. The average Bonchev–Trinajstić information content (AvgIpc) is 2.96. The van der Waals surface area contributed by atoms with Crippen LogP contribution >= 0.6 is 0 Å². The normalized spacial score (nSPS) is 12.0. The number of amides is 1. The second kappa shape index (κ2) is 9.24. The van der Waals surface area contributed by atoms with Gasteiger partial charge in [-0.1, -0.05) is 0 Å². The van der Waals surface area contributed by atoms with E-state index in [-0.39, 0.29) is 17.7 Å². The van der Waals surface area contributed by atoms with Crippen molar-refractivity contribution in [2.24, 2.45) is 0 Å². The van der Waals surface area contributed by atoms with Crippen LogP contribution in [0.25, 0.3) is 0 Å². The van der Waals surface area contributed by atoms with Crippen molar-refractivity contribution in [3.63, 3.8) is 0 Å². The lowest BCUT2D eigenvalue weighted by atomic mass is 9.98. The summed E-state index contributed by atoms with van der Waals surface area (Å²) in [7, 11) is 1.30. The summed E-state index contributed by atoms with van der Waals surface area (Å²) in [5, 5.41) is 0. The molecule has 0 radical (unpaired) electrons. The van der Waals surface area contributed by atoms with Gasteiger partial charge in [-0.2, -0.15) is 0 Å². The van der Waals surface area contributed by atoms with E-state index >= 15 is 0 Å². The van der Waals surface area contributed by atoms with Crippen molar-refractivity contribution in [1.29, 1.82) is 0 Å². The molecular weight excluding hydrogens is 387 g/mol. The van der Waals surface area contributed by atoms with Crippen LogP contribution < -0.4 is 0 Å². The number of nitrogens with zero attached hydrogens (tertiary/aromatic N) is 2. The van der Waals surface area contributed by atoms with Crippen LogP contribution in [-0.4, -0.2) is 46.3 Å². The number of carbonyl (C=O) groups is 3. The summed E-state index contributed by atoms with van der Waals surface area (Å²) in [6.45, 7) is 11.2. The van der Waals surface area contributed by atoms with Crippen molar-refractivity contribution in [2.45, 2.75) is 60.2 Å². The third kappa shape index (κ3) is 4.15. The smallest absolute Gasteiger partial charge is 0.354 e. The lowest BCUT2D eigenvalue weighted by Crippen LogP contribution is -2.47. The Kier molecular flexibility index (Phi) is 7.18. The molecule has 7 heteroatoms. The minimum absolute atomic E-state index is 0.258. The fourth-order valence-corrected chi connectivity index (χ4v) is 3.95. The zero-order valence-corrected chi connectivity index (χ0v) is 18.6. The zero-order chi connectivity index (χ0) is 22.7. The van der Waals surface area contributed by atoms with Gasteiger partial charge in [-0.05, 0) is 71.4 Å². The number of methoxy groups -OCH3 is 1. The second-order valence-electron chi connectivity index (χ2n) is 7.52. The summed E-state index contributed by atoms with van der Waals surface area (Å²) in [4.78, 5) is 40.4. The molecule has 0 aliphatic rings. The quantitative estimate of drug-likeness (QED) is 0.502. The molecule has 0 N–H and O–H groups in total. The highest BCUT2D eigenvalue weighted by Gasteiger charge is 2.34. The molecule has 0 aliphatic heterocycles. The molecule has 0 bridgehead atoms. The molecule has 1 heterocycles. The molecule has 0 saturated carbocycles. The molecule has 30 heavy (non-hydrogen) atoms. The Labute approximate surface area is 176 Å². The van der Waals surface area contributed by atoms with Crippen molar-refractivity contribution < 1.29 is 23.5 Å². The molecular formula is C23H29FN2O4. The highest BCUT2D eigenvalue weighted by atomic mass is 19.1. The monoisotopic (exact) mass is 416 g/mol. The standard InChI is InChI=1S/C23H29FN2O4/c1-8-25-15(5)19(14(4)20(25)23(29)30-7)21(27)16(6)26(13(2)3)22(28)17-9-11-18(24)12-10-17/h9-13,16H,8H2,1-7H3. The number of esters is 1. The fourth-order valence-electron chi connectivity index (χ4n) is 3.95. The van der Waals surface area contributed by atoms with E-state index in [0.717, 1.165) is 0 Å². The first kappa shape index (κ1) is 23.3. The van der Waals surface area contributed by atoms with Gasteiger partial charge in [-0.25, -0.2) is 9.18 Å². The molecule has 1 unspecified atom stereocenters. The van der Waals surface area contributed by atoms with Crippen molar-refractivity contribution in [2.75, 3.05) is 7.11 Å². The minimum atomic E-state index is -0.779. The molecule has 1 aromatic carbocycles. The number of Topliss-reactive ketones (excluding diaryl/α,β-unsaturated/α-hetero) is 1. The van der Waals surface area contributed by atoms with Gasteiger partial charge in [0, 0.05) is 29.4 Å². The number of aromatic nitrogens is 1. The second-order valence-corrected chi connectivity index (χ2v) is 7.52. The van der Waals surface area contributed by atoms with Crippen molar-refractivity contribution >= 4 is 17.7 Å². The summed E-state index contributed by atoms with van der Waals surface area (Å²) >= 11 is 0. The molecule has 2 rings (SSSR count). The van der Waals surface area contributed by atoms with E-state index in [9.17, 15) is 18.8 Å². The van der Waals surface area contributed by atoms with E-state index in [2.05, 4.69) is 0 Å². The maximum Gasteiger partial charge on any atom is 0.354 e. The van der Waals surface area contributed by atoms with Crippen molar-refractivity contribution in [3.05, 3.63) is 58.2 Å². The van der Waals surface area contributed by atoms with E-state index in [4.69, 9.17) is 4.74 Å². The Bertz CT molecular complexity index is 961. The number of hydrogen-bond donors (Lipinski definition) is 0. The number of ether oxygens (including phenoxy) is 1. The Balaban J connectivity index is 2.50. The number of hydrogen-bond acceptors (Lipinski definition) is 4. The first-order chi connectivity index (χ1) is 14.1. The van der Waals surface area contributed by atoms with E-state index < -0.39 is 17.8 Å². The fraction of sp³-hybridized carbons (Fsp3) is 0.435. The van der Waals surface area contributed by atoms with Crippen LogP contribution in [0.2, 0.25) is 0 Å². The SMILES string of the molecule is CCn1c(C)c(C(=O)C(C)N(C(=O)c2ccc(F)cc2)C(C)C)c(C)c1C(=O)OC. The molecule has 6 nitrogen and oxygen atoms in total. The first-order valence-corrected chi connectivity index (χ1v) is 9.97. The molecule has 1 amide bonds. The zero-order valence-electron chi connectivity index (χ0n) is 18.6. The van der Waals surface area contributed by atoms with Crippen LogP contribution in [0.15, 0.2) is 24.3 Å². The van der Waals surface area contributed by atoms with Gasteiger partial charge in [0.15, 0.2) is 5.78 Å². The Hall–Kier alpha value is -2.96. The van der Waals surface area contributed by atoms with Gasteiger partial charge in [-0.15, -0.1) is 0 Å². The predicted octanol–water partition coefficient (Wildman–Crippen LogP) is 4.17. The van der Waals surface area contributed by atoms with Gasteiger partial charge in [0.1, 0.15) is 11.5 Å².